The quantitative estimate of drug-likeness (QED) is 0.617. The monoisotopic (exact) mass is 269 g/mol. The zero-order valence-electron chi connectivity index (χ0n) is 11.6. The molecule has 104 valence electrons. The molecule has 3 nitrogen and oxygen atoms in total. The van der Waals surface area contributed by atoms with Crippen molar-refractivity contribution in [1.82, 2.24) is 0 Å². The number of aryl methyl sites for hydroxylation is 1. The lowest BCUT2D eigenvalue weighted by Crippen LogP contribution is -2.03. The highest BCUT2D eigenvalue weighted by Crippen LogP contribution is 2.23. The van der Waals surface area contributed by atoms with E-state index >= 15 is 0 Å². The summed E-state index contributed by atoms with van der Waals surface area (Å²) in [5, 5.41) is 12.8. The summed E-state index contributed by atoms with van der Waals surface area (Å²) in [6.45, 7) is 6.69. The maximum absolute atomic E-state index is 9.51. The smallest absolute Gasteiger partial charge is 0.124 e. The molecule has 0 radical (unpaired) electrons. The largest absolute Gasteiger partial charge is 0.508 e. The molecular weight excluding hydrogens is 250 g/mol. The van der Waals surface area contributed by atoms with Gasteiger partial charge in [-0.1, -0.05) is 30.9 Å². The van der Waals surface area contributed by atoms with Crippen molar-refractivity contribution in [3.63, 3.8) is 0 Å². The molecule has 0 saturated heterocycles. The summed E-state index contributed by atoms with van der Waals surface area (Å²) in [6, 6.07) is 13.4. The van der Waals surface area contributed by atoms with Crippen molar-refractivity contribution in [1.29, 1.82) is 0 Å². The topological polar surface area (TPSA) is 41.5 Å². The van der Waals surface area contributed by atoms with Crippen LogP contribution in [0.25, 0.3) is 0 Å². The second-order valence-electron chi connectivity index (χ2n) is 4.56. The zero-order chi connectivity index (χ0) is 14.4. The fourth-order valence-electron chi connectivity index (χ4n) is 1.90. The highest BCUT2D eigenvalue weighted by Gasteiger charge is 2.03. The molecule has 0 fully saturated rings. The molecule has 0 aromatic heterocycles. The summed E-state index contributed by atoms with van der Waals surface area (Å²) >= 11 is 0. The van der Waals surface area contributed by atoms with Gasteiger partial charge in [0.2, 0.25) is 0 Å². The van der Waals surface area contributed by atoms with Crippen molar-refractivity contribution in [3.8, 4) is 11.5 Å². The number of ether oxygens (including phenoxy) is 1. The van der Waals surface area contributed by atoms with Gasteiger partial charge in [0.15, 0.2) is 0 Å². The van der Waals surface area contributed by atoms with Crippen molar-refractivity contribution in [2.45, 2.75) is 13.5 Å². The molecule has 0 unspecified atom stereocenters. The number of phenols is 1. The first kappa shape index (κ1) is 14.0. The number of rotatable bonds is 6. The van der Waals surface area contributed by atoms with Crippen LogP contribution in [0.5, 0.6) is 11.5 Å². The van der Waals surface area contributed by atoms with Crippen molar-refractivity contribution in [2.75, 3.05) is 11.9 Å². The standard InChI is InChI=1S/C17H19NO2/c1-3-10-20-17-7-5-4-6-14(17)12-18-15-8-9-16(19)13(2)11-15/h3-9,11,18-19H,1,10,12H2,2H3. The molecule has 0 aliphatic rings. The Hall–Kier alpha value is -2.42. The number of anilines is 1. The maximum Gasteiger partial charge on any atom is 0.124 e. The van der Waals surface area contributed by atoms with Gasteiger partial charge in [0.25, 0.3) is 0 Å². The van der Waals surface area contributed by atoms with Gasteiger partial charge in [-0.25, -0.2) is 0 Å². The summed E-state index contributed by atoms with van der Waals surface area (Å²) in [5.74, 6) is 1.17. The lowest BCUT2D eigenvalue weighted by atomic mass is 10.1. The number of benzene rings is 2. The van der Waals surface area contributed by atoms with E-state index in [2.05, 4.69) is 11.9 Å². The van der Waals surface area contributed by atoms with Gasteiger partial charge in [-0.05, 0) is 36.8 Å². The molecule has 3 heteroatoms. The van der Waals surface area contributed by atoms with Gasteiger partial charge < -0.3 is 15.2 Å². The second-order valence-corrected chi connectivity index (χ2v) is 4.56. The van der Waals surface area contributed by atoms with Crippen LogP contribution < -0.4 is 10.1 Å². The zero-order valence-corrected chi connectivity index (χ0v) is 11.6. The first-order valence-corrected chi connectivity index (χ1v) is 6.56. The number of para-hydroxylation sites is 1. The van der Waals surface area contributed by atoms with Gasteiger partial charge in [0.1, 0.15) is 18.1 Å². The fraction of sp³-hybridized carbons (Fsp3) is 0.176. The number of nitrogens with one attached hydrogen (secondary N) is 1. The summed E-state index contributed by atoms with van der Waals surface area (Å²) in [6.07, 6.45) is 1.73. The van der Waals surface area contributed by atoms with Crippen LogP contribution in [0.1, 0.15) is 11.1 Å². The van der Waals surface area contributed by atoms with E-state index in [0.29, 0.717) is 18.9 Å². The molecule has 0 aliphatic heterocycles. The Bertz CT molecular complexity index is 593. The van der Waals surface area contributed by atoms with Gasteiger partial charge in [-0.2, -0.15) is 0 Å². The Kier molecular flexibility index (Phi) is 4.66. The molecule has 2 N–H and O–H groups in total. The van der Waals surface area contributed by atoms with E-state index in [1.54, 1.807) is 12.1 Å². The molecule has 0 amide bonds. The van der Waals surface area contributed by atoms with Crippen LogP contribution in [0.15, 0.2) is 55.1 Å². The Labute approximate surface area is 119 Å². The number of hydrogen-bond donors (Lipinski definition) is 2. The third kappa shape index (κ3) is 3.54. The summed E-state index contributed by atoms with van der Waals surface area (Å²) < 4.78 is 5.62. The minimum absolute atomic E-state index is 0.310. The number of hydrogen-bond acceptors (Lipinski definition) is 3. The molecule has 0 heterocycles. The van der Waals surface area contributed by atoms with E-state index < -0.39 is 0 Å². The Morgan fingerprint density at radius 2 is 2.05 bits per heavy atom. The maximum atomic E-state index is 9.51. The van der Waals surface area contributed by atoms with Crippen molar-refractivity contribution in [2.24, 2.45) is 0 Å². The minimum atomic E-state index is 0.310. The third-order valence-corrected chi connectivity index (χ3v) is 3.01. The van der Waals surface area contributed by atoms with Crippen LogP contribution >= 0.6 is 0 Å². The van der Waals surface area contributed by atoms with E-state index in [4.69, 9.17) is 4.74 Å². The lowest BCUT2D eigenvalue weighted by molar-refractivity contribution is 0.359. The average Bonchev–Trinajstić information content (AvgIpc) is 2.47. The van der Waals surface area contributed by atoms with Gasteiger partial charge in [-0.3, -0.25) is 0 Å². The molecule has 2 aromatic rings. The van der Waals surface area contributed by atoms with Crippen molar-refractivity contribution in [3.05, 3.63) is 66.2 Å². The van der Waals surface area contributed by atoms with Gasteiger partial charge in [-0.15, -0.1) is 0 Å². The minimum Gasteiger partial charge on any atom is -0.508 e. The molecule has 20 heavy (non-hydrogen) atoms. The van der Waals surface area contributed by atoms with E-state index in [1.807, 2.05) is 43.3 Å². The summed E-state index contributed by atoms with van der Waals surface area (Å²) in [4.78, 5) is 0. The molecule has 0 bridgehead atoms. The van der Waals surface area contributed by atoms with Crippen molar-refractivity contribution < 1.29 is 9.84 Å². The summed E-state index contributed by atoms with van der Waals surface area (Å²) in [5.41, 5.74) is 2.91. The van der Waals surface area contributed by atoms with E-state index in [9.17, 15) is 5.11 Å². The van der Waals surface area contributed by atoms with Crippen LogP contribution in [0.4, 0.5) is 5.69 Å². The highest BCUT2D eigenvalue weighted by atomic mass is 16.5. The molecule has 0 spiro atoms. The molecule has 2 rings (SSSR count). The summed E-state index contributed by atoms with van der Waals surface area (Å²) in [7, 11) is 0. The molecule has 2 aromatic carbocycles. The van der Waals surface area contributed by atoms with Crippen LogP contribution in [0.3, 0.4) is 0 Å². The third-order valence-electron chi connectivity index (χ3n) is 3.01. The second kappa shape index (κ2) is 6.66. The normalized spacial score (nSPS) is 10.1. The first-order chi connectivity index (χ1) is 9.70. The lowest BCUT2D eigenvalue weighted by Gasteiger charge is -2.12. The Balaban J connectivity index is 2.06. The van der Waals surface area contributed by atoms with Crippen LogP contribution in [0, 0.1) is 6.92 Å². The van der Waals surface area contributed by atoms with Crippen molar-refractivity contribution >= 4 is 5.69 Å². The average molecular weight is 269 g/mol. The fourth-order valence-corrected chi connectivity index (χ4v) is 1.90. The van der Waals surface area contributed by atoms with Crippen LogP contribution in [-0.4, -0.2) is 11.7 Å². The van der Waals surface area contributed by atoms with Gasteiger partial charge in [0, 0.05) is 17.8 Å². The van der Waals surface area contributed by atoms with Gasteiger partial charge >= 0.3 is 0 Å². The highest BCUT2D eigenvalue weighted by molar-refractivity contribution is 5.51. The molecule has 0 saturated carbocycles. The van der Waals surface area contributed by atoms with Gasteiger partial charge in [0.05, 0.1) is 0 Å². The SMILES string of the molecule is C=CCOc1ccccc1CNc1ccc(O)c(C)c1. The molecular formula is C17H19NO2. The Morgan fingerprint density at radius 1 is 1.25 bits per heavy atom. The molecule has 0 aliphatic carbocycles. The Morgan fingerprint density at radius 3 is 2.80 bits per heavy atom. The molecule has 0 atom stereocenters. The number of aromatic hydroxyl groups is 1. The first-order valence-electron chi connectivity index (χ1n) is 6.56. The predicted molar refractivity (Wildman–Crippen MR) is 82.3 cm³/mol. The van der Waals surface area contributed by atoms with Crippen LogP contribution in [0.2, 0.25) is 0 Å². The van der Waals surface area contributed by atoms with Crippen LogP contribution in [-0.2, 0) is 6.54 Å². The predicted octanol–water partition coefficient (Wildman–Crippen LogP) is 3.88. The van der Waals surface area contributed by atoms with E-state index in [0.717, 1.165) is 22.6 Å². The van der Waals surface area contributed by atoms with E-state index in [1.165, 1.54) is 0 Å². The van der Waals surface area contributed by atoms with E-state index in [-0.39, 0.29) is 0 Å². The number of phenolic OH excluding ortho intramolecular Hbond substituents is 1.